The molecule has 3 aromatic carbocycles. The van der Waals surface area contributed by atoms with E-state index in [1.54, 1.807) is 6.33 Å². The van der Waals surface area contributed by atoms with Crippen molar-refractivity contribution in [2.45, 2.75) is 37.8 Å². The van der Waals surface area contributed by atoms with E-state index in [4.69, 9.17) is 5.26 Å². The Morgan fingerprint density at radius 1 is 0.949 bits per heavy atom. The van der Waals surface area contributed by atoms with Crippen LogP contribution in [0.15, 0.2) is 97.5 Å². The molecule has 1 aliphatic heterocycles. The SMILES string of the molecule is Cl.Cl.N#Cc1ccc(CCC[C@@H](c2cnc[nH]2)N2CC(=O)N(c3ccccc3)CC2Cc2ccccc2)cc1. The second-order valence-corrected chi connectivity index (χ2v) is 9.58. The Kier molecular flexibility index (Phi) is 11.1. The molecular weight excluding hydrogens is 529 g/mol. The van der Waals surface area contributed by atoms with Crippen LogP contribution < -0.4 is 4.90 Å². The Morgan fingerprint density at radius 2 is 1.64 bits per heavy atom. The first kappa shape index (κ1) is 29.9. The van der Waals surface area contributed by atoms with E-state index in [1.165, 1.54) is 11.1 Å². The van der Waals surface area contributed by atoms with Crippen LogP contribution >= 0.6 is 24.8 Å². The Bertz CT molecular complexity index is 1330. The number of hydrogen-bond acceptors (Lipinski definition) is 4. The molecule has 0 spiro atoms. The number of anilines is 1. The molecule has 0 bridgehead atoms. The highest BCUT2D eigenvalue weighted by Gasteiger charge is 2.37. The molecule has 2 atom stereocenters. The number of H-pyrrole nitrogens is 1. The minimum Gasteiger partial charge on any atom is -0.347 e. The van der Waals surface area contributed by atoms with E-state index in [0.29, 0.717) is 18.7 Å². The Hall–Kier alpha value is -3.63. The van der Waals surface area contributed by atoms with Crippen molar-refractivity contribution in [3.05, 3.63) is 120 Å². The van der Waals surface area contributed by atoms with Crippen LogP contribution in [-0.2, 0) is 17.6 Å². The molecule has 1 N–H and O–H groups in total. The van der Waals surface area contributed by atoms with E-state index >= 15 is 0 Å². The lowest BCUT2D eigenvalue weighted by atomic mass is 9.95. The van der Waals surface area contributed by atoms with E-state index < -0.39 is 0 Å². The second-order valence-electron chi connectivity index (χ2n) is 9.58. The minimum absolute atomic E-state index is 0. The number of rotatable bonds is 9. The van der Waals surface area contributed by atoms with Crippen molar-refractivity contribution in [1.29, 1.82) is 5.26 Å². The number of aromatic amines is 1. The highest BCUT2D eigenvalue weighted by atomic mass is 35.5. The molecule has 39 heavy (non-hydrogen) atoms. The van der Waals surface area contributed by atoms with Gasteiger partial charge in [0.15, 0.2) is 0 Å². The van der Waals surface area contributed by atoms with Crippen molar-refractivity contribution in [3.63, 3.8) is 0 Å². The number of carbonyl (C=O) groups is 1. The number of aryl methyl sites for hydroxylation is 1. The highest BCUT2D eigenvalue weighted by Crippen LogP contribution is 2.32. The fourth-order valence-corrected chi connectivity index (χ4v) is 5.27. The van der Waals surface area contributed by atoms with Gasteiger partial charge in [0.25, 0.3) is 0 Å². The lowest BCUT2D eigenvalue weighted by Gasteiger charge is -2.44. The molecule has 8 heteroatoms. The van der Waals surface area contributed by atoms with Gasteiger partial charge in [-0.25, -0.2) is 4.98 Å². The number of halogens is 2. The summed E-state index contributed by atoms with van der Waals surface area (Å²) in [6, 6.07) is 30.7. The number of nitrogens with one attached hydrogen (secondary N) is 1. The van der Waals surface area contributed by atoms with E-state index in [-0.39, 0.29) is 42.8 Å². The first-order valence-electron chi connectivity index (χ1n) is 12.8. The summed E-state index contributed by atoms with van der Waals surface area (Å²) in [6.45, 7) is 0.991. The molecule has 0 radical (unpaired) electrons. The van der Waals surface area contributed by atoms with Crippen LogP contribution in [0, 0.1) is 11.3 Å². The zero-order valence-corrected chi connectivity index (χ0v) is 23.3. The van der Waals surface area contributed by atoms with Crippen molar-refractivity contribution in [2.24, 2.45) is 0 Å². The molecule has 1 aliphatic rings. The Labute approximate surface area is 242 Å². The molecule has 1 aromatic heterocycles. The third kappa shape index (κ3) is 7.48. The summed E-state index contributed by atoms with van der Waals surface area (Å²) in [4.78, 5) is 25.4. The molecule has 4 aromatic rings. The molecular formula is C31H33Cl2N5O. The Morgan fingerprint density at radius 3 is 2.28 bits per heavy atom. The normalized spacial score (nSPS) is 16.0. The summed E-state index contributed by atoms with van der Waals surface area (Å²) < 4.78 is 0. The number of benzene rings is 3. The summed E-state index contributed by atoms with van der Waals surface area (Å²) in [5.74, 6) is 0.118. The van der Waals surface area contributed by atoms with Gasteiger partial charge in [0.1, 0.15) is 0 Å². The van der Waals surface area contributed by atoms with Gasteiger partial charge in [-0.05, 0) is 61.1 Å². The smallest absolute Gasteiger partial charge is 0.241 e. The molecule has 1 unspecified atom stereocenters. The molecule has 5 rings (SSSR count). The third-order valence-electron chi connectivity index (χ3n) is 7.17. The number of imidazole rings is 1. The Balaban J connectivity index is 0.00000210. The van der Waals surface area contributed by atoms with Crippen LogP contribution in [0.4, 0.5) is 5.69 Å². The number of para-hydroxylation sites is 1. The van der Waals surface area contributed by atoms with Crippen molar-refractivity contribution in [1.82, 2.24) is 14.9 Å². The lowest BCUT2D eigenvalue weighted by molar-refractivity contribution is -0.123. The number of aromatic nitrogens is 2. The topological polar surface area (TPSA) is 76.0 Å². The van der Waals surface area contributed by atoms with Gasteiger partial charge in [0, 0.05) is 24.5 Å². The highest BCUT2D eigenvalue weighted by molar-refractivity contribution is 5.95. The monoisotopic (exact) mass is 561 g/mol. The number of nitriles is 1. The number of piperazine rings is 1. The first-order valence-corrected chi connectivity index (χ1v) is 12.8. The van der Waals surface area contributed by atoms with Crippen molar-refractivity contribution in [2.75, 3.05) is 18.0 Å². The predicted octanol–water partition coefficient (Wildman–Crippen LogP) is 6.15. The van der Waals surface area contributed by atoms with Gasteiger partial charge in [-0.1, -0.05) is 60.7 Å². The maximum Gasteiger partial charge on any atom is 0.241 e. The van der Waals surface area contributed by atoms with Gasteiger partial charge in [-0.2, -0.15) is 5.26 Å². The van der Waals surface area contributed by atoms with Crippen LogP contribution in [0.5, 0.6) is 0 Å². The summed E-state index contributed by atoms with van der Waals surface area (Å²) in [5.41, 5.74) is 5.15. The summed E-state index contributed by atoms with van der Waals surface area (Å²) in [6.07, 6.45) is 7.24. The van der Waals surface area contributed by atoms with E-state index in [9.17, 15) is 4.79 Å². The van der Waals surface area contributed by atoms with Crippen LogP contribution in [0.3, 0.4) is 0 Å². The molecule has 1 amide bonds. The minimum atomic E-state index is 0. The van der Waals surface area contributed by atoms with E-state index in [0.717, 1.165) is 37.1 Å². The lowest BCUT2D eigenvalue weighted by Crippen LogP contribution is -2.58. The average Bonchev–Trinajstić information content (AvgIpc) is 3.48. The van der Waals surface area contributed by atoms with Gasteiger partial charge in [-0.15, -0.1) is 24.8 Å². The number of amides is 1. The van der Waals surface area contributed by atoms with Gasteiger partial charge < -0.3 is 9.88 Å². The largest absolute Gasteiger partial charge is 0.347 e. The second kappa shape index (κ2) is 14.5. The predicted molar refractivity (Wildman–Crippen MR) is 159 cm³/mol. The quantitative estimate of drug-likeness (QED) is 0.266. The van der Waals surface area contributed by atoms with Crippen molar-refractivity contribution >= 4 is 36.4 Å². The zero-order valence-electron chi connectivity index (χ0n) is 21.6. The molecule has 1 saturated heterocycles. The third-order valence-corrected chi connectivity index (χ3v) is 7.17. The summed E-state index contributed by atoms with van der Waals surface area (Å²) in [7, 11) is 0. The van der Waals surface area contributed by atoms with Crippen LogP contribution in [0.25, 0.3) is 0 Å². The fraction of sp³-hybridized carbons (Fsp3) is 0.258. The first-order chi connectivity index (χ1) is 18.2. The molecule has 6 nitrogen and oxygen atoms in total. The number of nitrogens with zero attached hydrogens (tertiary/aromatic N) is 4. The maximum atomic E-state index is 13.5. The molecule has 1 fully saturated rings. The van der Waals surface area contributed by atoms with Crippen LogP contribution in [0.2, 0.25) is 0 Å². The van der Waals surface area contributed by atoms with Gasteiger partial charge in [-0.3, -0.25) is 9.69 Å². The van der Waals surface area contributed by atoms with Gasteiger partial charge in [0.05, 0.1) is 36.2 Å². The molecule has 202 valence electrons. The number of carbonyl (C=O) groups excluding carboxylic acids is 1. The van der Waals surface area contributed by atoms with E-state index in [1.807, 2.05) is 71.8 Å². The maximum absolute atomic E-state index is 13.5. The van der Waals surface area contributed by atoms with E-state index in [2.05, 4.69) is 45.2 Å². The molecule has 0 saturated carbocycles. The standard InChI is InChI=1S/C31H31N5O.2ClH/c32-19-26-16-14-24(15-17-26)10-7-13-30(29-20-33-23-34-29)35-22-31(37)36(27-11-5-2-6-12-27)21-28(35)18-25-8-3-1-4-9-25;;/h1-6,8-9,11-12,14-17,20,23,28,30H,7,10,13,18,21-22H2,(H,33,34);2*1H/t28?,30-;;/m0../s1. The van der Waals surface area contributed by atoms with Gasteiger partial charge >= 0.3 is 0 Å². The van der Waals surface area contributed by atoms with Crippen molar-refractivity contribution < 1.29 is 4.79 Å². The fourth-order valence-electron chi connectivity index (χ4n) is 5.27. The average molecular weight is 563 g/mol. The summed E-state index contributed by atoms with van der Waals surface area (Å²) in [5, 5.41) is 9.07. The summed E-state index contributed by atoms with van der Waals surface area (Å²) >= 11 is 0. The van der Waals surface area contributed by atoms with Crippen LogP contribution in [0.1, 0.15) is 41.3 Å². The number of hydrogen-bond donors (Lipinski definition) is 1. The van der Waals surface area contributed by atoms with Gasteiger partial charge in [0.2, 0.25) is 5.91 Å². The zero-order chi connectivity index (χ0) is 25.5. The van der Waals surface area contributed by atoms with Crippen molar-refractivity contribution in [3.8, 4) is 6.07 Å². The molecule has 2 heterocycles. The van der Waals surface area contributed by atoms with Crippen LogP contribution in [-0.4, -0.2) is 39.9 Å². The molecule has 0 aliphatic carbocycles.